The van der Waals surface area contributed by atoms with E-state index in [1.54, 1.807) is 24.2 Å². The van der Waals surface area contributed by atoms with Gasteiger partial charge in [-0.3, -0.25) is 4.79 Å². The highest BCUT2D eigenvalue weighted by Gasteiger charge is 2.32. The van der Waals surface area contributed by atoms with Crippen LogP contribution in [0.5, 0.6) is 0 Å². The molecule has 3 N–H and O–H groups in total. The monoisotopic (exact) mass is 630 g/mol. The molecular formula is C29H42N8O6S. The van der Waals surface area contributed by atoms with Gasteiger partial charge in [-0.15, -0.1) is 0 Å². The molecule has 44 heavy (non-hydrogen) atoms. The summed E-state index contributed by atoms with van der Waals surface area (Å²) in [5, 5.41) is 8.53. The summed E-state index contributed by atoms with van der Waals surface area (Å²) in [7, 11) is -1.97. The number of sulfone groups is 1. The Balaban J connectivity index is 1.45. The lowest BCUT2D eigenvalue weighted by molar-refractivity contribution is -0.117. The third-order valence-corrected chi connectivity index (χ3v) is 8.40. The first-order valence-corrected chi connectivity index (χ1v) is 16.5. The first kappa shape index (κ1) is 32.8. The van der Waals surface area contributed by atoms with Crippen LogP contribution < -0.4 is 25.8 Å². The molecule has 15 heteroatoms. The second-order valence-corrected chi connectivity index (χ2v) is 14.4. The third-order valence-electron chi connectivity index (χ3n) is 7.30. The zero-order chi connectivity index (χ0) is 32.4. The number of anilines is 5. The fourth-order valence-electron chi connectivity index (χ4n) is 5.07. The fraction of sp³-hybridized carbons (Fsp3) is 0.552. The maximum absolute atomic E-state index is 12.8. The van der Waals surface area contributed by atoms with Crippen LogP contribution in [0.4, 0.5) is 38.4 Å². The van der Waals surface area contributed by atoms with E-state index < -0.39 is 21.5 Å². The summed E-state index contributed by atoms with van der Waals surface area (Å²) in [6.07, 6.45) is 4.49. The van der Waals surface area contributed by atoms with Gasteiger partial charge in [0.2, 0.25) is 11.9 Å². The molecule has 1 atom stereocenters. The minimum atomic E-state index is -3.63. The van der Waals surface area contributed by atoms with E-state index in [0.717, 1.165) is 19.1 Å². The van der Waals surface area contributed by atoms with Gasteiger partial charge >= 0.3 is 12.1 Å². The average molecular weight is 631 g/mol. The SMILES string of the molecule is CC(C)N1CC(=O)N(C)c2cnc(Nc3cc(NC(=O)NCCC4CCCN4C(=O)OC(C)(C)C)cc(S(C)(=O)=O)c3)nc21. The summed E-state index contributed by atoms with van der Waals surface area (Å²) in [5.41, 5.74) is 0.569. The molecule has 0 saturated carbocycles. The Morgan fingerprint density at radius 2 is 1.86 bits per heavy atom. The van der Waals surface area contributed by atoms with E-state index in [1.807, 2.05) is 39.5 Å². The van der Waals surface area contributed by atoms with Crippen LogP contribution in [0.25, 0.3) is 0 Å². The van der Waals surface area contributed by atoms with E-state index >= 15 is 0 Å². The van der Waals surface area contributed by atoms with E-state index in [2.05, 4.69) is 25.9 Å². The minimum Gasteiger partial charge on any atom is -0.444 e. The normalized spacial score (nSPS) is 17.0. The van der Waals surface area contributed by atoms with Crippen LogP contribution in [0.15, 0.2) is 29.3 Å². The predicted molar refractivity (Wildman–Crippen MR) is 168 cm³/mol. The molecule has 2 aliphatic heterocycles. The molecule has 2 aromatic rings. The first-order valence-electron chi connectivity index (χ1n) is 14.6. The number of amides is 4. The van der Waals surface area contributed by atoms with Crippen molar-refractivity contribution in [3.63, 3.8) is 0 Å². The molecule has 0 bridgehead atoms. The summed E-state index contributed by atoms with van der Waals surface area (Å²) in [4.78, 5) is 51.8. The molecule has 1 aromatic carbocycles. The van der Waals surface area contributed by atoms with Crippen LogP contribution in [0, 0.1) is 0 Å². The molecule has 0 radical (unpaired) electrons. The van der Waals surface area contributed by atoms with Gasteiger partial charge in [-0.05, 0) is 72.1 Å². The Hall–Kier alpha value is -4.14. The average Bonchev–Trinajstić information content (AvgIpc) is 3.38. The topological polar surface area (TPSA) is 166 Å². The number of nitrogens with zero attached hydrogens (tertiary/aromatic N) is 5. The number of likely N-dealkylation sites (N-methyl/N-ethyl adjacent to an activating group) is 1. The molecule has 1 unspecified atom stereocenters. The van der Waals surface area contributed by atoms with Crippen molar-refractivity contribution in [2.24, 2.45) is 0 Å². The minimum absolute atomic E-state index is 0.00563. The standard InChI is InChI=1S/C29H42N8O6S/c1-18(2)37-17-24(38)35(6)23-16-31-26(34-25(23)37)32-19-13-20(15-22(14-19)44(7,41)42)33-27(39)30-11-10-21-9-8-12-36(21)28(40)43-29(3,4)5/h13-16,18,21H,8-12,17H2,1-7H3,(H2,30,33,39)(H,31,32,34). The van der Waals surface area contributed by atoms with Crippen molar-refractivity contribution in [2.45, 2.75) is 76.5 Å². The predicted octanol–water partition coefficient (Wildman–Crippen LogP) is 3.73. The molecule has 240 valence electrons. The number of aromatic nitrogens is 2. The van der Waals surface area contributed by atoms with E-state index in [4.69, 9.17) is 4.74 Å². The number of carbonyl (C=O) groups is 3. The maximum atomic E-state index is 12.8. The van der Waals surface area contributed by atoms with Gasteiger partial charge in [0.05, 0.1) is 17.6 Å². The Bertz CT molecular complexity index is 1520. The molecule has 2 aliphatic rings. The number of hydrogen-bond donors (Lipinski definition) is 3. The van der Waals surface area contributed by atoms with Gasteiger partial charge < -0.3 is 35.4 Å². The van der Waals surface area contributed by atoms with Crippen molar-refractivity contribution in [1.29, 1.82) is 0 Å². The number of carbonyl (C=O) groups excluding carboxylic acids is 3. The van der Waals surface area contributed by atoms with Crippen LogP contribution in [0.3, 0.4) is 0 Å². The Morgan fingerprint density at radius 3 is 2.52 bits per heavy atom. The molecule has 4 amide bonds. The largest absolute Gasteiger partial charge is 0.444 e. The molecule has 0 aliphatic carbocycles. The zero-order valence-corrected chi connectivity index (χ0v) is 27.1. The Kier molecular flexibility index (Phi) is 9.56. The molecule has 14 nitrogen and oxygen atoms in total. The van der Waals surface area contributed by atoms with Gasteiger partial charge in [0.25, 0.3) is 0 Å². The third kappa shape index (κ3) is 8.07. The summed E-state index contributed by atoms with van der Waals surface area (Å²) >= 11 is 0. The number of fused-ring (bicyclic) bond motifs is 1. The van der Waals surface area contributed by atoms with Crippen molar-refractivity contribution in [3.8, 4) is 0 Å². The van der Waals surface area contributed by atoms with Crippen molar-refractivity contribution >= 4 is 56.7 Å². The van der Waals surface area contributed by atoms with Crippen LogP contribution in [0.1, 0.15) is 53.9 Å². The van der Waals surface area contributed by atoms with Crippen molar-refractivity contribution in [2.75, 3.05) is 53.4 Å². The Labute approximate surface area is 258 Å². The van der Waals surface area contributed by atoms with Gasteiger partial charge in [0.1, 0.15) is 11.3 Å². The zero-order valence-electron chi connectivity index (χ0n) is 26.3. The molecule has 3 heterocycles. The number of benzene rings is 1. The van der Waals surface area contributed by atoms with Crippen molar-refractivity contribution < 1.29 is 27.5 Å². The first-order chi connectivity index (χ1) is 20.5. The summed E-state index contributed by atoms with van der Waals surface area (Å²) in [5.74, 6) is 0.697. The summed E-state index contributed by atoms with van der Waals surface area (Å²) < 4.78 is 30.4. The second kappa shape index (κ2) is 12.8. The van der Waals surface area contributed by atoms with Crippen molar-refractivity contribution in [1.82, 2.24) is 20.2 Å². The molecule has 1 fully saturated rings. The molecule has 0 spiro atoms. The number of rotatable bonds is 8. The van der Waals surface area contributed by atoms with Crippen LogP contribution in [0.2, 0.25) is 0 Å². The maximum Gasteiger partial charge on any atom is 0.410 e. The number of ether oxygens (including phenoxy) is 1. The summed E-state index contributed by atoms with van der Waals surface area (Å²) in [6.45, 7) is 10.5. The number of urea groups is 1. The van der Waals surface area contributed by atoms with Crippen LogP contribution in [-0.4, -0.2) is 91.9 Å². The fourth-order valence-corrected chi connectivity index (χ4v) is 5.76. The highest BCUT2D eigenvalue weighted by molar-refractivity contribution is 7.90. The highest BCUT2D eigenvalue weighted by atomic mass is 32.2. The van der Waals surface area contributed by atoms with Gasteiger partial charge in [0.15, 0.2) is 15.7 Å². The lowest BCUT2D eigenvalue weighted by atomic mass is 10.1. The van der Waals surface area contributed by atoms with Crippen molar-refractivity contribution in [3.05, 3.63) is 24.4 Å². The molecule has 1 aromatic heterocycles. The van der Waals surface area contributed by atoms with E-state index in [9.17, 15) is 22.8 Å². The second-order valence-electron chi connectivity index (χ2n) is 12.4. The molecule has 4 rings (SSSR count). The molecule has 1 saturated heterocycles. The van der Waals surface area contributed by atoms with Gasteiger partial charge in [-0.1, -0.05) is 0 Å². The van der Waals surface area contributed by atoms with E-state index in [1.165, 1.54) is 17.0 Å². The van der Waals surface area contributed by atoms with E-state index in [-0.39, 0.29) is 47.2 Å². The van der Waals surface area contributed by atoms with Gasteiger partial charge in [0, 0.05) is 49.9 Å². The highest BCUT2D eigenvalue weighted by Crippen LogP contribution is 2.33. The van der Waals surface area contributed by atoms with Crippen LogP contribution in [-0.2, 0) is 19.4 Å². The lowest BCUT2D eigenvalue weighted by Gasteiger charge is -2.36. The summed E-state index contributed by atoms with van der Waals surface area (Å²) in [6, 6.07) is 3.82. The quantitative estimate of drug-likeness (QED) is 0.391. The van der Waals surface area contributed by atoms with Gasteiger partial charge in [-0.25, -0.2) is 23.0 Å². The number of nitrogens with one attached hydrogen (secondary N) is 3. The van der Waals surface area contributed by atoms with E-state index in [0.29, 0.717) is 36.7 Å². The molecular weight excluding hydrogens is 588 g/mol. The van der Waals surface area contributed by atoms with Gasteiger partial charge in [-0.2, -0.15) is 4.98 Å². The smallest absolute Gasteiger partial charge is 0.410 e. The lowest BCUT2D eigenvalue weighted by Crippen LogP contribution is -2.47. The Morgan fingerprint density at radius 1 is 1.16 bits per heavy atom. The number of hydrogen-bond acceptors (Lipinski definition) is 10. The number of likely N-dealkylation sites (tertiary alicyclic amines) is 1. The van der Waals surface area contributed by atoms with Crippen LogP contribution >= 0.6 is 0 Å².